The van der Waals surface area contributed by atoms with Gasteiger partial charge < -0.3 is 8.92 Å². The molecule has 0 aliphatic carbocycles. The topological polar surface area (TPSA) is 51.7 Å². The number of morpholine rings is 1. The minimum Gasteiger partial charge on any atom is -0.382 e. The number of hydrogen-bond donors (Lipinski definition) is 0. The van der Waals surface area contributed by atoms with Crippen molar-refractivity contribution < 1.29 is 13.7 Å². The van der Waals surface area contributed by atoms with Gasteiger partial charge in [0.1, 0.15) is 0 Å². The zero-order valence-corrected chi connectivity index (χ0v) is 14.0. The first kappa shape index (κ1) is 16.3. The Morgan fingerprint density at radius 2 is 1.87 bits per heavy atom. The predicted octanol–water partition coefficient (Wildman–Crippen LogP) is 3.29. The predicted molar refractivity (Wildman–Crippen MR) is 90.2 cm³/mol. The van der Waals surface area contributed by atoms with Crippen LogP contribution < -0.4 is 0 Å². The molecule has 1 aromatic carbocycles. The van der Waals surface area contributed by atoms with E-state index in [9.17, 15) is 4.79 Å². The molecular formula is C16H16N2O3S2. The number of rotatable bonds is 5. The molecule has 3 rings (SSSR count). The second kappa shape index (κ2) is 8.35. The molecule has 1 fully saturated rings. The Morgan fingerprint density at radius 3 is 2.65 bits per heavy atom. The smallest absolute Gasteiger partial charge is 0.351 e. The van der Waals surface area contributed by atoms with Crippen LogP contribution in [0.15, 0.2) is 58.6 Å². The van der Waals surface area contributed by atoms with Crippen molar-refractivity contribution in [2.75, 3.05) is 26.3 Å². The summed E-state index contributed by atoms with van der Waals surface area (Å²) in [5.74, 6) is -0.344. The van der Waals surface area contributed by atoms with Gasteiger partial charge in [0.2, 0.25) is 0 Å². The molecule has 1 aromatic heterocycles. The van der Waals surface area contributed by atoms with Gasteiger partial charge >= 0.3 is 5.97 Å². The van der Waals surface area contributed by atoms with Crippen LogP contribution in [0.5, 0.6) is 0 Å². The normalized spacial score (nSPS) is 15.3. The summed E-state index contributed by atoms with van der Waals surface area (Å²) in [4.78, 5) is 18.0. The highest BCUT2D eigenvalue weighted by molar-refractivity contribution is 7.97. The molecular weight excluding hydrogens is 332 g/mol. The summed E-state index contributed by atoms with van der Waals surface area (Å²) in [6.07, 6.45) is 3.33. The molecule has 0 atom stereocenters. The van der Waals surface area contributed by atoms with Crippen molar-refractivity contribution in [1.29, 1.82) is 0 Å². The molecule has 2 aromatic rings. The van der Waals surface area contributed by atoms with Crippen LogP contribution in [-0.2, 0) is 8.92 Å². The molecule has 0 saturated carbocycles. The molecule has 0 radical (unpaired) electrons. The van der Waals surface area contributed by atoms with E-state index in [2.05, 4.69) is 9.29 Å². The van der Waals surface area contributed by atoms with Crippen LogP contribution in [0, 0.1) is 0 Å². The summed E-state index contributed by atoms with van der Waals surface area (Å²) in [6, 6.07) is 11.1. The van der Waals surface area contributed by atoms with Gasteiger partial charge in [-0.05, 0) is 36.2 Å². The van der Waals surface area contributed by atoms with Gasteiger partial charge in [-0.25, -0.2) is 9.10 Å². The van der Waals surface area contributed by atoms with Gasteiger partial charge in [0.15, 0.2) is 0 Å². The Hall–Kier alpha value is -1.54. The maximum absolute atomic E-state index is 12.4. The fourth-order valence-corrected chi connectivity index (χ4v) is 3.51. The number of nitrogens with zero attached hydrogens (tertiary/aromatic N) is 2. The first-order valence-corrected chi connectivity index (χ1v) is 8.73. The fourth-order valence-electron chi connectivity index (χ4n) is 2.02. The Bertz CT molecular complexity index is 649. The zero-order valence-electron chi connectivity index (χ0n) is 12.4. The lowest BCUT2D eigenvalue weighted by molar-refractivity contribution is 0.0760. The van der Waals surface area contributed by atoms with Crippen molar-refractivity contribution >= 4 is 30.0 Å². The lowest BCUT2D eigenvalue weighted by Crippen LogP contribution is -2.31. The average molecular weight is 348 g/mol. The van der Waals surface area contributed by atoms with E-state index in [1.165, 1.54) is 0 Å². The average Bonchev–Trinajstić information content (AvgIpc) is 2.62. The van der Waals surface area contributed by atoms with E-state index < -0.39 is 0 Å². The lowest BCUT2D eigenvalue weighted by atomic mass is 10.2. The van der Waals surface area contributed by atoms with E-state index >= 15 is 0 Å². The van der Waals surface area contributed by atoms with E-state index in [0.29, 0.717) is 5.56 Å². The van der Waals surface area contributed by atoms with Gasteiger partial charge in [0, 0.05) is 30.4 Å². The van der Waals surface area contributed by atoms with Gasteiger partial charge in [0.05, 0.1) is 35.7 Å². The number of hydrogen-bond acceptors (Lipinski definition) is 7. The van der Waals surface area contributed by atoms with Crippen LogP contribution in [0.3, 0.4) is 0 Å². The molecule has 0 bridgehead atoms. The number of aromatic nitrogens is 1. The monoisotopic (exact) mass is 348 g/mol. The molecule has 23 heavy (non-hydrogen) atoms. The molecule has 1 saturated heterocycles. The summed E-state index contributed by atoms with van der Waals surface area (Å²) in [5, 5.41) is 0. The lowest BCUT2D eigenvalue weighted by Gasteiger charge is -2.25. The minimum absolute atomic E-state index is 0.344. The molecule has 7 heteroatoms. The largest absolute Gasteiger partial charge is 0.382 e. The maximum Gasteiger partial charge on any atom is 0.351 e. The highest BCUT2D eigenvalue weighted by Gasteiger charge is 2.18. The Balaban J connectivity index is 1.65. The summed E-state index contributed by atoms with van der Waals surface area (Å²) in [5.41, 5.74) is 0.575. The molecule has 0 unspecified atom stereocenters. The second-order valence-electron chi connectivity index (χ2n) is 4.77. The number of carbonyl (C=O) groups excluding carboxylic acids is 1. The number of carbonyl (C=O) groups is 1. The van der Waals surface area contributed by atoms with E-state index in [4.69, 9.17) is 8.92 Å². The Labute approximate surface area is 143 Å². The molecule has 1 aliphatic rings. The second-order valence-corrected chi connectivity index (χ2v) is 6.71. The van der Waals surface area contributed by atoms with Crippen molar-refractivity contribution in [2.45, 2.75) is 9.79 Å². The maximum atomic E-state index is 12.4. The van der Waals surface area contributed by atoms with Crippen LogP contribution in [0.25, 0.3) is 0 Å². The van der Waals surface area contributed by atoms with Gasteiger partial charge in [-0.3, -0.25) is 4.98 Å². The molecule has 0 N–H and O–H groups in total. The van der Waals surface area contributed by atoms with E-state index in [-0.39, 0.29) is 5.97 Å². The van der Waals surface area contributed by atoms with E-state index in [1.807, 2.05) is 18.2 Å². The van der Waals surface area contributed by atoms with Gasteiger partial charge in [-0.15, -0.1) is 0 Å². The first-order valence-electron chi connectivity index (χ1n) is 7.21. The Morgan fingerprint density at radius 1 is 1.13 bits per heavy atom. The minimum atomic E-state index is -0.344. The van der Waals surface area contributed by atoms with E-state index in [1.54, 1.807) is 42.5 Å². The molecule has 1 aliphatic heterocycles. The highest BCUT2D eigenvalue weighted by Crippen LogP contribution is 2.29. The number of ether oxygens (including phenoxy) is 1. The van der Waals surface area contributed by atoms with Crippen molar-refractivity contribution in [2.24, 2.45) is 0 Å². The highest BCUT2D eigenvalue weighted by atomic mass is 32.2. The van der Waals surface area contributed by atoms with Gasteiger partial charge in [0.25, 0.3) is 0 Å². The third-order valence-corrected chi connectivity index (χ3v) is 5.04. The molecule has 2 heterocycles. The first-order chi connectivity index (χ1) is 11.3. The van der Waals surface area contributed by atoms with Crippen LogP contribution >= 0.6 is 24.0 Å². The quantitative estimate of drug-likeness (QED) is 0.607. The van der Waals surface area contributed by atoms with Crippen molar-refractivity contribution in [3.63, 3.8) is 0 Å². The Kier molecular flexibility index (Phi) is 5.93. The number of pyridine rings is 1. The fraction of sp³-hybridized carbons (Fsp3) is 0.250. The van der Waals surface area contributed by atoms with Crippen molar-refractivity contribution in [1.82, 2.24) is 9.29 Å². The van der Waals surface area contributed by atoms with E-state index in [0.717, 1.165) is 48.1 Å². The zero-order chi connectivity index (χ0) is 15.9. The molecule has 0 spiro atoms. The van der Waals surface area contributed by atoms with Crippen LogP contribution in [0.1, 0.15) is 10.4 Å². The van der Waals surface area contributed by atoms with Gasteiger partial charge in [-0.1, -0.05) is 12.1 Å². The summed E-state index contributed by atoms with van der Waals surface area (Å²) < 4.78 is 12.9. The van der Waals surface area contributed by atoms with Crippen LogP contribution in [-0.4, -0.2) is 41.6 Å². The SMILES string of the molecule is O=C(OSc1ccncc1)c1ccccc1SN1CCOCC1. The van der Waals surface area contributed by atoms with Gasteiger partial charge in [-0.2, -0.15) is 0 Å². The molecule has 120 valence electrons. The standard InChI is InChI=1S/C16H16N2O3S2/c19-16(21-23-13-5-7-17-8-6-13)14-3-1-2-4-15(14)22-18-9-11-20-12-10-18/h1-8H,9-12H2. The van der Waals surface area contributed by atoms with Crippen molar-refractivity contribution in [3.8, 4) is 0 Å². The summed E-state index contributed by atoms with van der Waals surface area (Å²) >= 11 is 2.62. The van der Waals surface area contributed by atoms with Crippen LogP contribution in [0.2, 0.25) is 0 Å². The summed E-state index contributed by atoms with van der Waals surface area (Å²) in [6.45, 7) is 3.13. The third-order valence-electron chi connectivity index (χ3n) is 3.17. The molecule has 5 nitrogen and oxygen atoms in total. The number of benzene rings is 1. The molecule has 0 amide bonds. The van der Waals surface area contributed by atoms with Crippen molar-refractivity contribution in [3.05, 3.63) is 54.4 Å². The van der Waals surface area contributed by atoms with Crippen LogP contribution in [0.4, 0.5) is 0 Å². The third kappa shape index (κ3) is 4.71. The summed E-state index contributed by atoms with van der Waals surface area (Å²) in [7, 11) is 0.